The number of ether oxygens (including phenoxy) is 5. The number of nitrogens with one attached hydrogen (secondary N) is 1. The Morgan fingerprint density at radius 1 is 0.929 bits per heavy atom. The van der Waals surface area contributed by atoms with Crippen molar-refractivity contribution in [2.45, 2.75) is 122 Å². The molecule has 2 amide bonds. The van der Waals surface area contributed by atoms with E-state index in [0.29, 0.717) is 45.6 Å². The van der Waals surface area contributed by atoms with E-state index in [1.807, 2.05) is 19.1 Å². The fourth-order valence-electron chi connectivity index (χ4n) is 6.77. The molecule has 14 heteroatoms. The molecule has 3 aliphatic rings. The molecule has 0 saturated carbocycles. The molecule has 2 bridgehead atoms. The summed E-state index contributed by atoms with van der Waals surface area (Å²) in [6, 6.07) is 0.942. The number of nitrogens with zero attached hydrogens (tertiary/aromatic N) is 1. The van der Waals surface area contributed by atoms with Crippen molar-refractivity contribution in [1.29, 1.82) is 0 Å². The van der Waals surface area contributed by atoms with E-state index in [1.165, 1.54) is 6.08 Å². The van der Waals surface area contributed by atoms with Gasteiger partial charge in [-0.1, -0.05) is 60.3 Å². The van der Waals surface area contributed by atoms with Crippen LogP contribution in [0.5, 0.6) is 34.5 Å². The van der Waals surface area contributed by atoms with Crippen molar-refractivity contribution in [2.75, 3.05) is 27.1 Å². The summed E-state index contributed by atoms with van der Waals surface area (Å²) in [5.74, 6) is 1.70. The molecule has 0 radical (unpaired) electrons. The van der Waals surface area contributed by atoms with E-state index < -0.39 is 46.6 Å². The molecule has 12 nitrogen and oxygen atoms in total. The number of amides is 2. The largest absolute Gasteiger partial charge is 0.541 e. The van der Waals surface area contributed by atoms with Crippen molar-refractivity contribution >= 4 is 34.4 Å². The average Bonchev–Trinajstić information content (AvgIpc) is 3.58. The van der Waals surface area contributed by atoms with Gasteiger partial charge in [0.1, 0.15) is 31.0 Å². The van der Waals surface area contributed by atoms with E-state index in [2.05, 4.69) is 86.2 Å². The van der Waals surface area contributed by atoms with Crippen molar-refractivity contribution < 1.29 is 46.9 Å². The summed E-state index contributed by atoms with van der Waals surface area (Å²) in [4.78, 5) is 43.6. The predicted octanol–water partition coefficient (Wildman–Crippen LogP) is 7.72. The van der Waals surface area contributed by atoms with Crippen LogP contribution >= 0.6 is 0 Å². The normalized spacial score (nSPS) is 18.3. The number of hydrogen-bond donors (Lipinski definition) is 1. The first-order chi connectivity index (χ1) is 26.1. The Bertz CT molecular complexity index is 1850. The Morgan fingerprint density at radius 2 is 1.52 bits per heavy atom. The lowest BCUT2D eigenvalue weighted by Crippen LogP contribution is -2.61. The van der Waals surface area contributed by atoms with Gasteiger partial charge >= 0.3 is 5.97 Å². The summed E-state index contributed by atoms with van der Waals surface area (Å²) in [5, 5.41) is 2.70. The van der Waals surface area contributed by atoms with Gasteiger partial charge in [0, 0.05) is 36.0 Å². The van der Waals surface area contributed by atoms with Gasteiger partial charge in [0.25, 0.3) is 16.6 Å². The third kappa shape index (κ3) is 8.18. The van der Waals surface area contributed by atoms with Crippen LogP contribution in [0.25, 0.3) is 0 Å². The number of rotatable bonds is 14. The van der Waals surface area contributed by atoms with Gasteiger partial charge in [-0.15, -0.1) is 6.58 Å². The number of esters is 1. The van der Waals surface area contributed by atoms with E-state index in [-0.39, 0.29) is 55.3 Å². The van der Waals surface area contributed by atoms with Gasteiger partial charge in [-0.05, 0) is 60.9 Å². The predicted molar refractivity (Wildman–Crippen MR) is 220 cm³/mol. The standard InChI is InChI=1S/C42H60N2O10Si2/c1-15-17-33(45)43-28(19-26-20-31(53-55(11,12)41(4,5)6)37(48-10)32(21-26)54-56(13,14)42(7,8)9)39(46)44-29-22-27-34(30(44)23-50-40(29)47)38-36(51-24-52-38)25(3)35(27)49-18-16-2/h15-16,20-21,28-30H,1-2,17-19,22-24H2,3-14H3,(H,43,45)/t28-,29-,30-/m0/s1. The summed E-state index contributed by atoms with van der Waals surface area (Å²) in [6.07, 6.45) is 3.30. The number of benzene rings is 2. The van der Waals surface area contributed by atoms with Crippen LogP contribution in [0, 0.1) is 6.92 Å². The van der Waals surface area contributed by atoms with Crippen molar-refractivity contribution in [1.82, 2.24) is 10.2 Å². The minimum absolute atomic E-state index is 0.00627. The maximum Gasteiger partial charge on any atom is 0.329 e. The zero-order valence-corrected chi connectivity index (χ0v) is 37.2. The zero-order chi connectivity index (χ0) is 41.5. The highest BCUT2D eigenvalue weighted by Gasteiger charge is 2.51. The molecule has 0 aliphatic carbocycles. The Morgan fingerprint density at radius 3 is 2.05 bits per heavy atom. The highest BCUT2D eigenvalue weighted by Crippen LogP contribution is 2.54. The highest BCUT2D eigenvalue weighted by molar-refractivity contribution is 6.75. The van der Waals surface area contributed by atoms with Crippen LogP contribution in [0.15, 0.2) is 37.4 Å². The number of carbonyl (C=O) groups excluding carboxylic acids is 3. The Labute approximate surface area is 334 Å². The number of methoxy groups -OCH3 is 1. The molecule has 3 aliphatic heterocycles. The van der Waals surface area contributed by atoms with E-state index in [4.69, 9.17) is 32.5 Å². The second-order valence-corrected chi connectivity index (χ2v) is 27.2. The van der Waals surface area contributed by atoms with Gasteiger partial charge in [0.05, 0.1) is 13.2 Å². The van der Waals surface area contributed by atoms with Gasteiger partial charge in [0.15, 0.2) is 23.0 Å². The van der Waals surface area contributed by atoms with E-state index >= 15 is 4.79 Å². The quantitative estimate of drug-likeness (QED) is 0.115. The highest BCUT2D eigenvalue weighted by atomic mass is 28.4. The lowest BCUT2D eigenvalue weighted by Gasteiger charge is -2.47. The van der Waals surface area contributed by atoms with Gasteiger partial charge in [-0.2, -0.15) is 0 Å². The van der Waals surface area contributed by atoms with Crippen molar-refractivity contribution in [3.8, 4) is 34.5 Å². The SMILES string of the molecule is C=CCOc1c(C)c2c(c3c1C[C@H]1C(=O)OC[C@@H]3N1C(=O)[C@H](Cc1cc(O[Si](C)(C)C(C)(C)C)c(OC)c(O[Si](C)(C)C(C)(C)C)c1)NC(=O)CC=C)OCO2. The third-order valence-electron chi connectivity index (χ3n) is 11.8. The van der Waals surface area contributed by atoms with E-state index in [1.54, 1.807) is 18.1 Å². The minimum atomic E-state index is -2.41. The lowest BCUT2D eigenvalue weighted by molar-refractivity contribution is -0.172. The fraction of sp³-hybridized carbons (Fsp3) is 0.548. The second-order valence-electron chi connectivity index (χ2n) is 17.8. The van der Waals surface area contributed by atoms with Gasteiger partial charge < -0.3 is 42.8 Å². The third-order valence-corrected chi connectivity index (χ3v) is 20.5. The Kier molecular flexibility index (Phi) is 12.1. The van der Waals surface area contributed by atoms with Crippen LogP contribution in [0.3, 0.4) is 0 Å². The first-order valence-corrected chi connectivity index (χ1v) is 25.0. The summed E-state index contributed by atoms with van der Waals surface area (Å²) in [6.45, 7) is 31.1. The molecule has 1 N–H and O–H groups in total. The Balaban J connectivity index is 1.64. The monoisotopic (exact) mass is 808 g/mol. The average molecular weight is 809 g/mol. The molecule has 1 fully saturated rings. The fourth-order valence-corrected chi connectivity index (χ4v) is 8.78. The molecule has 2 aromatic rings. The van der Waals surface area contributed by atoms with Crippen LogP contribution in [0.1, 0.15) is 76.3 Å². The maximum atomic E-state index is 15.1. The molecule has 0 unspecified atom stereocenters. The smallest absolute Gasteiger partial charge is 0.329 e. The molecule has 1 saturated heterocycles. The zero-order valence-electron chi connectivity index (χ0n) is 35.2. The Hall–Kier alpha value is -4.44. The molecule has 0 aromatic heterocycles. The molecule has 0 spiro atoms. The molecule has 2 aromatic carbocycles. The van der Waals surface area contributed by atoms with Gasteiger partial charge in [0.2, 0.25) is 24.4 Å². The molecule has 5 rings (SSSR count). The summed E-state index contributed by atoms with van der Waals surface area (Å²) < 4.78 is 43.6. The molecule has 3 heterocycles. The van der Waals surface area contributed by atoms with Crippen molar-refractivity contribution in [3.63, 3.8) is 0 Å². The molecule has 3 atom stereocenters. The first kappa shape index (κ1) is 42.7. The van der Waals surface area contributed by atoms with Crippen LogP contribution < -0.4 is 33.1 Å². The van der Waals surface area contributed by atoms with Crippen molar-refractivity contribution in [2.24, 2.45) is 0 Å². The molecule has 306 valence electrons. The van der Waals surface area contributed by atoms with Crippen LogP contribution in [-0.2, 0) is 32.0 Å². The topological polar surface area (TPSA) is 131 Å². The number of carbonyl (C=O) groups is 3. The summed E-state index contributed by atoms with van der Waals surface area (Å²) in [7, 11) is -3.23. The van der Waals surface area contributed by atoms with Gasteiger partial charge in [-0.25, -0.2) is 4.79 Å². The molecule has 56 heavy (non-hydrogen) atoms. The van der Waals surface area contributed by atoms with Gasteiger partial charge in [-0.3, -0.25) is 9.59 Å². The lowest BCUT2D eigenvalue weighted by atomic mass is 9.83. The second kappa shape index (κ2) is 15.8. The summed E-state index contributed by atoms with van der Waals surface area (Å²) >= 11 is 0. The number of cyclic esters (lactones) is 1. The van der Waals surface area contributed by atoms with Crippen molar-refractivity contribution in [3.05, 3.63) is 59.7 Å². The summed E-state index contributed by atoms with van der Waals surface area (Å²) in [5.41, 5.74) is 2.84. The first-order valence-electron chi connectivity index (χ1n) is 19.2. The van der Waals surface area contributed by atoms with Crippen LogP contribution in [0.2, 0.25) is 36.3 Å². The minimum Gasteiger partial charge on any atom is -0.541 e. The molecular weight excluding hydrogens is 749 g/mol. The molecular formula is C42H60N2O10Si2. The number of morpholine rings is 1. The number of hydrogen-bond acceptors (Lipinski definition) is 10. The maximum absolute atomic E-state index is 15.1. The van der Waals surface area contributed by atoms with Crippen LogP contribution in [0.4, 0.5) is 0 Å². The van der Waals surface area contributed by atoms with E-state index in [0.717, 1.165) is 11.1 Å². The van der Waals surface area contributed by atoms with Crippen LogP contribution in [-0.4, -0.2) is 78.5 Å². The van der Waals surface area contributed by atoms with E-state index in [9.17, 15) is 9.59 Å². The number of fused-ring (bicyclic) bond motifs is 6.